The van der Waals surface area contributed by atoms with Crippen LogP contribution < -0.4 is 0 Å². The molecule has 130 valence electrons. The molecule has 3 rings (SSSR count). The molecule has 3 aromatic rings. The first-order valence-electron chi connectivity index (χ1n) is 8.24. The Balaban J connectivity index is 1.75. The highest BCUT2D eigenvalue weighted by Crippen LogP contribution is 2.25. The monoisotopic (exact) mass is 341 g/mol. The van der Waals surface area contributed by atoms with Crippen molar-refractivity contribution in [3.63, 3.8) is 0 Å². The quantitative estimate of drug-likeness (QED) is 0.662. The second kappa shape index (κ2) is 7.57. The Labute approximate surface area is 146 Å². The summed E-state index contributed by atoms with van der Waals surface area (Å²) in [6.45, 7) is 3.01. The van der Waals surface area contributed by atoms with Gasteiger partial charge in [-0.15, -0.1) is 0 Å². The Hall–Kier alpha value is -2.53. The van der Waals surface area contributed by atoms with E-state index in [4.69, 9.17) is 0 Å². The summed E-state index contributed by atoms with van der Waals surface area (Å²) in [5.41, 5.74) is 1.27. The predicted octanol–water partition coefficient (Wildman–Crippen LogP) is 4.40. The van der Waals surface area contributed by atoms with Crippen LogP contribution >= 0.6 is 0 Å². The summed E-state index contributed by atoms with van der Waals surface area (Å²) < 4.78 is 30.1. The lowest BCUT2D eigenvalue weighted by atomic mass is 10.1. The van der Waals surface area contributed by atoms with Crippen LogP contribution in [0, 0.1) is 11.6 Å². The zero-order valence-electron chi connectivity index (χ0n) is 14.4. The van der Waals surface area contributed by atoms with Crippen LogP contribution in [-0.4, -0.2) is 21.5 Å². The first-order valence-corrected chi connectivity index (χ1v) is 8.24. The molecule has 3 nitrogen and oxygen atoms in total. The molecule has 25 heavy (non-hydrogen) atoms. The summed E-state index contributed by atoms with van der Waals surface area (Å²) in [5.74, 6) is -0.186. The van der Waals surface area contributed by atoms with E-state index in [1.807, 2.05) is 36.3 Å². The molecule has 1 heterocycles. The van der Waals surface area contributed by atoms with Gasteiger partial charge in [0.2, 0.25) is 0 Å². The minimum Gasteiger partial charge on any atom is -0.329 e. The van der Waals surface area contributed by atoms with Crippen molar-refractivity contribution in [3.05, 3.63) is 89.5 Å². The van der Waals surface area contributed by atoms with Gasteiger partial charge in [-0.2, -0.15) is 0 Å². The van der Waals surface area contributed by atoms with E-state index in [1.54, 1.807) is 13.1 Å². The molecule has 5 heteroatoms. The normalized spacial score (nSPS) is 12.5. The molecule has 0 aliphatic rings. The van der Waals surface area contributed by atoms with E-state index in [-0.39, 0.29) is 5.56 Å². The van der Waals surface area contributed by atoms with Crippen molar-refractivity contribution in [3.8, 4) is 0 Å². The molecular weight excluding hydrogens is 320 g/mol. The molecule has 0 bridgehead atoms. The highest BCUT2D eigenvalue weighted by atomic mass is 19.1. The molecule has 0 amide bonds. The minimum absolute atomic E-state index is 0.0890. The van der Waals surface area contributed by atoms with E-state index >= 15 is 0 Å². The van der Waals surface area contributed by atoms with Gasteiger partial charge in [-0.3, -0.25) is 4.90 Å². The van der Waals surface area contributed by atoms with Gasteiger partial charge in [-0.05, 0) is 31.7 Å². The Morgan fingerprint density at radius 1 is 1.04 bits per heavy atom. The zero-order chi connectivity index (χ0) is 17.8. The van der Waals surface area contributed by atoms with Gasteiger partial charge in [0.05, 0.1) is 6.54 Å². The van der Waals surface area contributed by atoms with Crippen molar-refractivity contribution in [2.45, 2.75) is 26.1 Å². The van der Waals surface area contributed by atoms with Crippen LogP contribution in [0.3, 0.4) is 0 Å². The fourth-order valence-corrected chi connectivity index (χ4v) is 2.91. The van der Waals surface area contributed by atoms with E-state index in [9.17, 15) is 8.78 Å². The average molecular weight is 341 g/mol. The third-order valence-corrected chi connectivity index (χ3v) is 4.47. The van der Waals surface area contributed by atoms with Gasteiger partial charge >= 0.3 is 0 Å². The van der Waals surface area contributed by atoms with Crippen molar-refractivity contribution in [1.29, 1.82) is 0 Å². The number of halogens is 2. The zero-order valence-corrected chi connectivity index (χ0v) is 14.4. The summed E-state index contributed by atoms with van der Waals surface area (Å²) in [6, 6.07) is 13.7. The summed E-state index contributed by atoms with van der Waals surface area (Å²) in [5, 5.41) is 0. The number of rotatable bonds is 6. The summed E-state index contributed by atoms with van der Waals surface area (Å²) >= 11 is 0. The van der Waals surface area contributed by atoms with Crippen LogP contribution in [0.4, 0.5) is 8.78 Å². The molecule has 0 aliphatic heterocycles. The molecule has 0 N–H and O–H groups in total. The van der Waals surface area contributed by atoms with Gasteiger partial charge in [0.1, 0.15) is 17.5 Å². The third kappa shape index (κ3) is 3.94. The smallest absolute Gasteiger partial charge is 0.130 e. The van der Waals surface area contributed by atoms with Crippen LogP contribution in [0.25, 0.3) is 0 Å². The second-order valence-corrected chi connectivity index (χ2v) is 6.18. The van der Waals surface area contributed by atoms with Crippen LogP contribution in [0.2, 0.25) is 0 Å². The third-order valence-electron chi connectivity index (χ3n) is 4.47. The molecule has 0 aliphatic carbocycles. The van der Waals surface area contributed by atoms with Gasteiger partial charge in [0.25, 0.3) is 0 Å². The molecule has 0 saturated heterocycles. The predicted molar refractivity (Wildman–Crippen MR) is 94.0 cm³/mol. The number of aromatic nitrogens is 2. The lowest BCUT2D eigenvalue weighted by Crippen LogP contribution is -2.25. The maximum atomic E-state index is 14.0. The first-order chi connectivity index (χ1) is 12.1. The maximum absolute atomic E-state index is 14.0. The molecule has 1 aromatic heterocycles. The van der Waals surface area contributed by atoms with Crippen LogP contribution in [-0.2, 0) is 13.1 Å². The number of hydrogen-bond donors (Lipinski definition) is 0. The molecule has 1 atom stereocenters. The van der Waals surface area contributed by atoms with Crippen molar-refractivity contribution >= 4 is 0 Å². The van der Waals surface area contributed by atoms with Crippen LogP contribution in [0.5, 0.6) is 0 Å². The van der Waals surface area contributed by atoms with Crippen molar-refractivity contribution in [1.82, 2.24) is 14.5 Å². The molecule has 0 radical (unpaired) electrons. The maximum Gasteiger partial charge on any atom is 0.130 e. The Morgan fingerprint density at radius 3 is 2.40 bits per heavy atom. The number of nitrogens with zero attached hydrogens (tertiary/aromatic N) is 3. The SMILES string of the molecule is CC(c1c(F)cccc1F)N(C)Cc1nccn1Cc1ccccc1. The summed E-state index contributed by atoms with van der Waals surface area (Å²) in [4.78, 5) is 6.30. The number of benzene rings is 2. The summed E-state index contributed by atoms with van der Waals surface area (Å²) in [6.07, 6.45) is 3.67. The van der Waals surface area contributed by atoms with Crippen molar-refractivity contribution in [2.75, 3.05) is 7.05 Å². The average Bonchev–Trinajstić information content (AvgIpc) is 3.02. The molecule has 0 saturated carbocycles. The molecule has 0 fully saturated rings. The van der Waals surface area contributed by atoms with Gasteiger partial charge < -0.3 is 4.57 Å². The van der Waals surface area contributed by atoms with Crippen LogP contribution in [0.1, 0.15) is 29.9 Å². The topological polar surface area (TPSA) is 21.1 Å². The van der Waals surface area contributed by atoms with E-state index < -0.39 is 17.7 Å². The number of imidazole rings is 1. The van der Waals surface area contributed by atoms with E-state index in [0.717, 1.165) is 5.82 Å². The Kier molecular flexibility index (Phi) is 5.24. The van der Waals surface area contributed by atoms with Gasteiger partial charge in [-0.25, -0.2) is 13.8 Å². The van der Waals surface area contributed by atoms with E-state index in [1.165, 1.54) is 23.8 Å². The van der Waals surface area contributed by atoms with E-state index in [2.05, 4.69) is 21.7 Å². The van der Waals surface area contributed by atoms with Gasteiger partial charge in [0, 0.05) is 30.5 Å². The minimum atomic E-state index is -0.521. The molecule has 1 unspecified atom stereocenters. The fraction of sp³-hybridized carbons (Fsp3) is 0.250. The molecular formula is C20H21F2N3. The lowest BCUT2D eigenvalue weighted by Gasteiger charge is -2.25. The molecule has 0 spiro atoms. The second-order valence-electron chi connectivity index (χ2n) is 6.18. The number of hydrogen-bond acceptors (Lipinski definition) is 2. The first kappa shape index (κ1) is 17.3. The van der Waals surface area contributed by atoms with Crippen molar-refractivity contribution < 1.29 is 8.78 Å². The van der Waals surface area contributed by atoms with Gasteiger partial charge in [0.15, 0.2) is 0 Å². The Morgan fingerprint density at radius 2 is 1.72 bits per heavy atom. The highest BCUT2D eigenvalue weighted by Gasteiger charge is 2.21. The lowest BCUT2D eigenvalue weighted by molar-refractivity contribution is 0.233. The summed E-state index contributed by atoms with van der Waals surface area (Å²) in [7, 11) is 1.85. The van der Waals surface area contributed by atoms with Crippen molar-refractivity contribution in [2.24, 2.45) is 0 Å². The van der Waals surface area contributed by atoms with Crippen LogP contribution in [0.15, 0.2) is 60.9 Å². The van der Waals surface area contributed by atoms with Gasteiger partial charge in [-0.1, -0.05) is 36.4 Å². The van der Waals surface area contributed by atoms with E-state index in [0.29, 0.717) is 13.1 Å². The molecule has 2 aromatic carbocycles. The highest BCUT2D eigenvalue weighted by molar-refractivity contribution is 5.23. The standard InChI is InChI=1S/C20H21F2N3/c1-15(20-17(21)9-6-10-18(20)22)24(2)14-19-23-11-12-25(19)13-16-7-4-3-5-8-16/h3-12,15H,13-14H2,1-2H3. The largest absolute Gasteiger partial charge is 0.329 e. The fourth-order valence-electron chi connectivity index (χ4n) is 2.91. The Bertz CT molecular complexity index is 810.